The maximum atomic E-state index is 12.8. The lowest BCUT2D eigenvalue weighted by Crippen LogP contribution is -2.40. The fourth-order valence-corrected chi connectivity index (χ4v) is 3.06. The Labute approximate surface area is 146 Å². The number of aryl methyl sites for hydroxylation is 1. The summed E-state index contributed by atoms with van der Waals surface area (Å²) in [4.78, 5) is 12.8. The van der Waals surface area contributed by atoms with E-state index in [0.717, 1.165) is 17.6 Å². The van der Waals surface area contributed by atoms with E-state index in [1.807, 2.05) is 40.3 Å². The number of carbonyl (C=O) groups excluding carboxylic acids is 1. The van der Waals surface area contributed by atoms with Crippen LogP contribution in [0.4, 0.5) is 5.95 Å². The van der Waals surface area contributed by atoms with E-state index in [-0.39, 0.29) is 12.3 Å². The molecule has 0 saturated carbocycles. The Hall–Kier alpha value is -3.02. The normalized spacial score (nSPS) is 10.8. The molecule has 6 nitrogen and oxygen atoms in total. The number of carbonyl (C=O) groups is 1. The first-order valence-electron chi connectivity index (χ1n) is 8.12. The van der Waals surface area contributed by atoms with Crippen LogP contribution in [-0.4, -0.2) is 24.6 Å². The zero-order valence-corrected chi connectivity index (χ0v) is 14.7. The molecule has 6 heteroatoms. The van der Waals surface area contributed by atoms with Crippen LogP contribution in [0.5, 0.6) is 11.5 Å². The minimum absolute atomic E-state index is 0.0448. The molecule has 0 fully saturated rings. The highest BCUT2D eigenvalue weighted by atomic mass is 16.5. The van der Waals surface area contributed by atoms with Gasteiger partial charge in [0.25, 0.3) is 0 Å². The van der Waals surface area contributed by atoms with Gasteiger partial charge in [-0.2, -0.15) is 0 Å². The third kappa shape index (κ3) is 2.91. The summed E-state index contributed by atoms with van der Waals surface area (Å²) in [5.74, 6) is 1.64. The van der Waals surface area contributed by atoms with E-state index in [1.54, 1.807) is 32.4 Å². The molecule has 1 aromatic heterocycles. The molecule has 1 heterocycles. The fraction of sp³-hybridized carbons (Fsp3) is 0.263. The van der Waals surface area contributed by atoms with E-state index < -0.39 is 0 Å². The third-order valence-corrected chi connectivity index (χ3v) is 4.34. The number of anilines is 1. The number of nitrogens with two attached hydrogens (primary N) is 1. The summed E-state index contributed by atoms with van der Waals surface area (Å²) < 4.78 is 14.3. The number of benzene rings is 2. The lowest BCUT2D eigenvalue weighted by Gasteiger charge is -2.09. The summed E-state index contributed by atoms with van der Waals surface area (Å²) in [6.07, 6.45) is 0. The maximum Gasteiger partial charge on any atom is 0.356 e. The van der Waals surface area contributed by atoms with Gasteiger partial charge in [-0.3, -0.25) is 10.5 Å². The number of nitrogen functional groups attached to an aromatic ring is 1. The summed E-state index contributed by atoms with van der Waals surface area (Å²) in [6.45, 7) is 2.93. The van der Waals surface area contributed by atoms with Crippen LogP contribution >= 0.6 is 0 Å². The third-order valence-electron chi connectivity index (χ3n) is 4.34. The van der Waals surface area contributed by atoms with Gasteiger partial charge in [0.2, 0.25) is 0 Å². The van der Waals surface area contributed by atoms with Gasteiger partial charge in [-0.15, -0.1) is 0 Å². The minimum Gasteiger partial charge on any atom is -0.493 e. The Bertz CT molecular complexity index is 931. The van der Waals surface area contributed by atoms with E-state index in [0.29, 0.717) is 23.0 Å². The van der Waals surface area contributed by atoms with Gasteiger partial charge in [0, 0.05) is 5.56 Å². The molecular weight excluding hydrogens is 318 g/mol. The van der Waals surface area contributed by atoms with Crippen LogP contribution < -0.4 is 19.8 Å². The second-order valence-corrected chi connectivity index (χ2v) is 5.67. The topological polar surface area (TPSA) is 70.4 Å². The van der Waals surface area contributed by atoms with Gasteiger partial charge in [-0.25, -0.2) is 9.13 Å². The monoisotopic (exact) mass is 340 g/mol. The number of imidazole rings is 1. The highest BCUT2D eigenvalue weighted by molar-refractivity contribution is 5.96. The van der Waals surface area contributed by atoms with Crippen molar-refractivity contribution in [3.05, 3.63) is 48.0 Å². The molecule has 0 bridgehead atoms. The summed E-state index contributed by atoms with van der Waals surface area (Å²) in [5, 5.41) is 0. The zero-order valence-electron chi connectivity index (χ0n) is 14.7. The van der Waals surface area contributed by atoms with Gasteiger partial charge < -0.3 is 9.47 Å². The highest BCUT2D eigenvalue weighted by Crippen LogP contribution is 2.27. The molecule has 0 atom stereocenters. The standard InChI is InChI=1S/C19H21N3O3/c1-4-21-14-7-5-6-8-15(14)22(19(21)20)12-16(23)13-9-10-17(24-2)18(11-13)25-3/h5-11,20H,4,12H2,1-3H3/p+1. The Morgan fingerprint density at radius 3 is 2.52 bits per heavy atom. The number of hydrogen-bond donors (Lipinski definition) is 1. The predicted octanol–water partition coefficient (Wildman–Crippen LogP) is 2.43. The van der Waals surface area contributed by atoms with Crippen LogP contribution in [0.3, 0.4) is 0 Å². The molecular formula is C19H22N3O3+. The molecule has 0 aliphatic carbocycles. The van der Waals surface area contributed by atoms with Crippen LogP contribution in [0.15, 0.2) is 42.5 Å². The van der Waals surface area contributed by atoms with Gasteiger partial charge in [-0.05, 0) is 37.3 Å². The van der Waals surface area contributed by atoms with Crippen molar-refractivity contribution in [2.45, 2.75) is 20.0 Å². The number of para-hydroxylation sites is 2. The second kappa shape index (κ2) is 6.84. The molecule has 130 valence electrons. The molecule has 0 aliphatic heterocycles. The molecule has 2 N–H and O–H groups in total. The van der Waals surface area contributed by atoms with E-state index in [1.165, 1.54) is 0 Å². The van der Waals surface area contributed by atoms with E-state index >= 15 is 0 Å². The fourth-order valence-electron chi connectivity index (χ4n) is 3.06. The minimum atomic E-state index is -0.0448. The van der Waals surface area contributed by atoms with Gasteiger partial charge in [0.15, 0.2) is 17.3 Å². The zero-order chi connectivity index (χ0) is 18.0. The lowest BCUT2D eigenvalue weighted by atomic mass is 10.1. The van der Waals surface area contributed by atoms with Gasteiger partial charge in [0.05, 0.1) is 20.8 Å². The van der Waals surface area contributed by atoms with Gasteiger partial charge in [-0.1, -0.05) is 12.1 Å². The molecule has 3 rings (SSSR count). The largest absolute Gasteiger partial charge is 0.493 e. The number of aromatic nitrogens is 2. The smallest absolute Gasteiger partial charge is 0.356 e. The van der Waals surface area contributed by atoms with Crippen LogP contribution in [0.2, 0.25) is 0 Å². The van der Waals surface area contributed by atoms with E-state index in [4.69, 9.17) is 15.2 Å². The quantitative estimate of drug-likeness (QED) is 0.553. The van der Waals surface area contributed by atoms with Crippen molar-refractivity contribution >= 4 is 22.8 Å². The molecule has 3 aromatic rings. The first-order valence-corrected chi connectivity index (χ1v) is 8.12. The number of ether oxygens (including phenoxy) is 2. The number of Topliss-reactive ketones (excluding diaryl/α,β-unsaturated/α-hetero) is 1. The second-order valence-electron chi connectivity index (χ2n) is 5.67. The van der Waals surface area contributed by atoms with Crippen molar-refractivity contribution in [2.24, 2.45) is 0 Å². The van der Waals surface area contributed by atoms with Crippen molar-refractivity contribution < 1.29 is 18.8 Å². The van der Waals surface area contributed by atoms with Gasteiger partial charge >= 0.3 is 5.95 Å². The first-order chi connectivity index (χ1) is 12.1. The molecule has 0 unspecified atom stereocenters. The average Bonchev–Trinajstić information content (AvgIpc) is 2.92. The predicted molar refractivity (Wildman–Crippen MR) is 96.1 cm³/mol. The van der Waals surface area contributed by atoms with Crippen molar-refractivity contribution in [3.63, 3.8) is 0 Å². The van der Waals surface area contributed by atoms with E-state index in [2.05, 4.69) is 0 Å². The van der Waals surface area contributed by atoms with Crippen molar-refractivity contribution in [3.8, 4) is 11.5 Å². The Balaban J connectivity index is 1.99. The Morgan fingerprint density at radius 2 is 1.84 bits per heavy atom. The number of ketones is 1. The van der Waals surface area contributed by atoms with Crippen LogP contribution in [0.1, 0.15) is 17.3 Å². The van der Waals surface area contributed by atoms with Crippen molar-refractivity contribution in [1.29, 1.82) is 0 Å². The molecule has 0 radical (unpaired) electrons. The summed E-state index contributed by atoms with van der Waals surface area (Å²) in [7, 11) is 3.11. The summed E-state index contributed by atoms with van der Waals surface area (Å²) in [6, 6.07) is 13.0. The van der Waals surface area contributed by atoms with Crippen molar-refractivity contribution in [1.82, 2.24) is 4.57 Å². The molecule has 0 spiro atoms. The Kier molecular flexibility index (Phi) is 4.61. The van der Waals surface area contributed by atoms with Crippen LogP contribution in [0, 0.1) is 0 Å². The lowest BCUT2D eigenvalue weighted by molar-refractivity contribution is -0.642. The molecule has 0 amide bonds. The maximum absolute atomic E-state index is 12.8. The first kappa shape index (κ1) is 16.8. The van der Waals surface area contributed by atoms with Crippen LogP contribution in [0.25, 0.3) is 11.0 Å². The molecule has 2 aromatic carbocycles. The number of nitrogens with zero attached hydrogens (tertiary/aromatic N) is 2. The summed E-state index contributed by atoms with van der Waals surface area (Å²) >= 11 is 0. The van der Waals surface area contributed by atoms with Crippen LogP contribution in [-0.2, 0) is 13.1 Å². The Morgan fingerprint density at radius 1 is 1.12 bits per heavy atom. The number of rotatable bonds is 6. The van der Waals surface area contributed by atoms with Crippen molar-refractivity contribution in [2.75, 3.05) is 20.0 Å². The number of methoxy groups -OCH3 is 2. The van der Waals surface area contributed by atoms with E-state index in [9.17, 15) is 4.79 Å². The number of hydrogen-bond acceptors (Lipinski definition) is 4. The number of fused-ring (bicyclic) bond motifs is 1. The average molecular weight is 340 g/mol. The molecule has 0 saturated heterocycles. The summed E-state index contributed by atoms with van der Waals surface area (Å²) in [5.41, 5.74) is 8.79. The molecule has 0 aliphatic rings. The highest BCUT2D eigenvalue weighted by Gasteiger charge is 2.22. The molecule has 25 heavy (non-hydrogen) atoms. The SMILES string of the molecule is CCn1c(N)[n+](CC(=O)c2ccc(OC)c(OC)c2)c2ccccc21. The van der Waals surface area contributed by atoms with Gasteiger partial charge in [0.1, 0.15) is 17.6 Å².